The van der Waals surface area contributed by atoms with Crippen LogP contribution in [0.5, 0.6) is 0 Å². The van der Waals surface area contributed by atoms with Gasteiger partial charge in [0.1, 0.15) is 12.6 Å². The summed E-state index contributed by atoms with van der Waals surface area (Å²) in [6.07, 6.45) is 0. The summed E-state index contributed by atoms with van der Waals surface area (Å²) in [5.74, 6) is -0.860. The minimum Gasteiger partial charge on any atom is -0.350 e. The van der Waals surface area contributed by atoms with Gasteiger partial charge in [0.25, 0.3) is 10.0 Å². The Morgan fingerprint density at radius 2 is 1.61 bits per heavy atom. The molecular formula is C29H34ClN3O4S. The summed E-state index contributed by atoms with van der Waals surface area (Å²) in [4.78, 5) is 28.5. The van der Waals surface area contributed by atoms with Crippen LogP contribution in [0, 0.1) is 6.92 Å². The molecule has 0 heterocycles. The van der Waals surface area contributed by atoms with Crippen molar-refractivity contribution < 1.29 is 18.0 Å². The molecule has 0 unspecified atom stereocenters. The van der Waals surface area contributed by atoms with E-state index < -0.39 is 34.1 Å². The Labute approximate surface area is 230 Å². The molecule has 0 bridgehead atoms. The summed E-state index contributed by atoms with van der Waals surface area (Å²) in [5.41, 5.74) is 1.58. The van der Waals surface area contributed by atoms with E-state index in [1.807, 2.05) is 52.0 Å². The van der Waals surface area contributed by atoms with Crippen LogP contribution >= 0.6 is 11.6 Å². The number of sulfonamides is 1. The zero-order chi connectivity index (χ0) is 28.1. The van der Waals surface area contributed by atoms with Gasteiger partial charge in [-0.15, -0.1) is 0 Å². The number of aryl methyl sites for hydroxylation is 1. The largest absolute Gasteiger partial charge is 0.350 e. The number of anilines is 1. The molecule has 0 aliphatic heterocycles. The van der Waals surface area contributed by atoms with Crippen molar-refractivity contribution in [2.45, 2.75) is 57.6 Å². The molecule has 0 radical (unpaired) electrons. The Balaban J connectivity index is 2.03. The number of hydrogen-bond donors (Lipinski definition) is 1. The van der Waals surface area contributed by atoms with Gasteiger partial charge < -0.3 is 10.2 Å². The van der Waals surface area contributed by atoms with E-state index in [0.717, 1.165) is 15.4 Å². The van der Waals surface area contributed by atoms with Gasteiger partial charge >= 0.3 is 0 Å². The average molecular weight is 556 g/mol. The number of nitrogens with zero attached hydrogens (tertiary/aromatic N) is 2. The van der Waals surface area contributed by atoms with Gasteiger partial charge in [-0.1, -0.05) is 65.7 Å². The Morgan fingerprint density at radius 1 is 0.947 bits per heavy atom. The van der Waals surface area contributed by atoms with Crippen LogP contribution in [0.3, 0.4) is 0 Å². The highest BCUT2D eigenvalue weighted by Gasteiger charge is 2.33. The van der Waals surface area contributed by atoms with Gasteiger partial charge in [-0.2, -0.15) is 0 Å². The molecular weight excluding hydrogens is 522 g/mol. The molecule has 0 fully saturated rings. The molecule has 9 heteroatoms. The van der Waals surface area contributed by atoms with Crippen molar-refractivity contribution >= 4 is 39.1 Å². The van der Waals surface area contributed by atoms with E-state index >= 15 is 0 Å². The molecule has 3 aromatic carbocycles. The first-order valence-corrected chi connectivity index (χ1v) is 14.1. The van der Waals surface area contributed by atoms with E-state index in [9.17, 15) is 18.0 Å². The molecule has 0 aliphatic rings. The Morgan fingerprint density at radius 3 is 2.21 bits per heavy atom. The lowest BCUT2D eigenvalue weighted by Crippen LogP contribution is -2.54. The minimum absolute atomic E-state index is 0.0385. The Hall–Kier alpha value is -3.36. The third-order valence-electron chi connectivity index (χ3n) is 5.81. The number of carbonyl (C=O) groups is 2. The summed E-state index contributed by atoms with van der Waals surface area (Å²) in [5, 5.41) is 3.25. The van der Waals surface area contributed by atoms with Gasteiger partial charge in [-0.05, 0) is 70.5 Å². The molecule has 7 nitrogen and oxygen atoms in total. The molecule has 2 amide bonds. The summed E-state index contributed by atoms with van der Waals surface area (Å²) < 4.78 is 28.5. The van der Waals surface area contributed by atoms with Crippen molar-refractivity contribution in [3.8, 4) is 0 Å². The van der Waals surface area contributed by atoms with Crippen LogP contribution in [0.15, 0.2) is 83.8 Å². The lowest BCUT2D eigenvalue weighted by atomic mass is 10.1. The van der Waals surface area contributed by atoms with Gasteiger partial charge in [0.15, 0.2) is 0 Å². The van der Waals surface area contributed by atoms with Crippen molar-refractivity contribution in [2.24, 2.45) is 0 Å². The predicted octanol–water partition coefficient (Wildman–Crippen LogP) is 5.18. The second-order valence-electron chi connectivity index (χ2n) is 10.2. The third-order valence-corrected chi connectivity index (χ3v) is 7.83. The van der Waals surface area contributed by atoms with Crippen LogP contribution in [-0.4, -0.2) is 43.3 Å². The molecule has 38 heavy (non-hydrogen) atoms. The van der Waals surface area contributed by atoms with Crippen molar-refractivity contribution in [1.29, 1.82) is 0 Å². The van der Waals surface area contributed by atoms with E-state index in [1.54, 1.807) is 43.3 Å². The molecule has 202 valence electrons. The van der Waals surface area contributed by atoms with Gasteiger partial charge in [-0.25, -0.2) is 8.42 Å². The van der Waals surface area contributed by atoms with Crippen molar-refractivity contribution in [1.82, 2.24) is 10.2 Å². The van der Waals surface area contributed by atoms with E-state index in [2.05, 4.69) is 5.32 Å². The van der Waals surface area contributed by atoms with Gasteiger partial charge in [0, 0.05) is 17.1 Å². The molecule has 1 N–H and O–H groups in total. The second kappa shape index (κ2) is 12.0. The zero-order valence-electron chi connectivity index (χ0n) is 22.3. The number of nitrogens with one attached hydrogen (secondary N) is 1. The standard InChI is InChI=1S/C29H34ClN3O4S/c1-21-11-9-12-23(17-21)19-32(22(2)28(35)31-29(3,4)5)27(34)20-33(25-14-10-13-24(30)18-25)38(36,37)26-15-7-6-8-16-26/h6-18,22H,19-20H2,1-5H3,(H,31,35)/t22-/m0/s1. The minimum atomic E-state index is -4.13. The van der Waals surface area contributed by atoms with Gasteiger partial charge in [-0.3, -0.25) is 13.9 Å². The van der Waals surface area contributed by atoms with E-state index in [0.29, 0.717) is 5.02 Å². The maximum absolute atomic E-state index is 13.9. The number of benzene rings is 3. The fraction of sp³-hybridized carbons (Fsp3) is 0.310. The van der Waals surface area contributed by atoms with Crippen molar-refractivity contribution in [3.05, 3.63) is 95.0 Å². The number of halogens is 1. The molecule has 3 aromatic rings. The van der Waals surface area contributed by atoms with Crippen LogP contribution in [0.1, 0.15) is 38.8 Å². The first-order valence-electron chi connectivity index (χ1n) is 12.3. The highest BCUT2D eigenvalue weighted by atomic mass is 35.5. The fourth-order valence-corrected chi connectivity index (χ4v) is 5.56. The van der Waals surface area contributed by atoms with Gasteiger partial charge in [0.05, 0.1) is 10.6 Å². The number of hydrogen-bond acceptors (Lipinski definition) is 4. The number of rotatable bonds is 9. The number of amides is 2. The van der Waals surface area contributed by atoms with E-state index in [4.69, 9.17) is 11.6 Å². The maximum Gasteiger partial charge on any atom is 0.264 e. The number of carbonyl (C=O) groups excluding carboxylic acids is 2. The third kappa shape index (κ3) is 7.58. The molecule has 0 saturated heterocycles. The van der Waals surface area contributed by atoms with Gasteiger partial charge in [0.2, 0.25) is 11.8 Å². The SMILES string of the molecule is Cc1cccc(CN(C(=O)CN(c2cccc(Cl)c2)S(=O)(=O)c2ccccc2)[C@@H](C)C(=O)NC(C)(C)C)c1. The Bertz CT molecular complexity index is 1390. The highest BCUT2D eigenvalue weighted by Crippen LogP contribution is 2.27. The molecule has 0 saturated carbocycles. The lowest BCUT2D eigenvalue weighted by molar-refractivity contribution is -0.140. The van der Waals surface area contributed by atoms with Crippen molar-refractivity contribution in [3.63, 3.8) is 0 Å². The van der Waals surface area contributed by atoms with Crippen molar-refractivity contribution in [2.75, 3.05) is 10.8 Å². The quantitative estimate of drug-likeness (QED) is 0.394. The molecule has 0 aliphatic carbocycles. The smallest absolute Gasteiger partial charge is 0.264 e. The van der Waals surface area contributed by atoms with E-state index in [1.165, 1.54) is 23.1 Å². The lowest BCUT2D eigenvalue weighted by Gasteiger charge is -2.33. The fourth-order valence-electron chi connectivity index (χ4n) is 3.94. The molecule has 0 spiro atoms. The van der Waals surface area contributed by atoms with Crippen LogP contribution in [0.25, 0.3) is 0 Å². The first-order chi connectivity index (χ1) is 17.8. The maximum atomic E-state index is 13.9. The van der Waals surface area contributed by atoms with Crippen LogP contribution < -0.4 is 9.62 Å². The zero-order valence-corrected chi connectivity index (χ0v) is 23.9. The van der Waals surface area contributed by atoms with E-state index in [-0.39, 0.29) is 23.0 Å². The molecule has 3 rings (SSSR count). The second-order valence-corrected chi connectivity index (χ2v) is 12.5. The summed E-state index contributed by atoms with van der Waals surface area (Å²) >= 11 is 6.19. The van der Waals surface area contributed by atoms with Crippen LogP contribution in [-0.2, 0) is 26.2 Å². The summed E-state index contributed by atoms with van der Waals surface area (Å²) in [6, 6.07) is 21.0. The molecule has 0 aromatic heterocycles. The van der Waals surface area contributed by atoms with Crippen LogP contribution in [0.2, 0.25) is 5.02 Å². The predicted molar refractivity (Wildman–Crippen MR) is 152 cm³/mol. The van der Waals surface area contributed by atoms with Crippen LogP contribution in [0.4, 0.5) is 5.69 Å². The first kappa shape index (κ1) is 29.2. The monoisotopic (exact) mass is 555 g/mol. The topological polar surface area (TPSA) is 86.8 Å². The highest BCUT2D eigenvalue weighted by molar-refractivity contribution is 7.92. The average Bonchev–Trinajstić information content (AvgIpc) is 2.84. The summed E-state index contributed by atoms with van der Waals surface area (Å²) in [6.45, 7) is 8.78. The molecule has 1 atom stereocenters. The normalized spacial score (nSPS) is 12.5. The Kier molecular flexibility index (Phi) is 9.22. The summed E-state index contributed by atoms with van der Waals surface area (Å²) in [7, 11) is -4.13.